The Morgan fingerprint density at radius 1 is 0.930 bits per heavy atom. The number of hydrogen-bond donors (Lipinski definition) is 0. The third-order valence-electron chi connectivity index (χ3n) is 8.47. The Morgan fingerprint density at radius 3 is 2.21 bits per heavy atom. The van der Waals surface area contributed by atoms with E-state index < -0.39 is 31.8 Å². The molecule has 1 aliphatic heterocycles. The van der Waals surface area contributed by atoms with Crippen molar-refractivity contribution in [2.24, 2.45) is 11.8 Å². The molecule has 0 radical (unpaired) electrons. The second-order valence-corrected chi connectivity index (χ2v) is 14.7. The summed E-state index contributed by atoms with van der Waals surface area (Å²) in [6.07, 6.45) is -0.706. The van der Waals surface area contributed by atoms with E-state index in [1.54, 1.807) is 24.3 Å². The Bertz CT molecular complexity index is 1960. The van der Waals surface area contributed by atoms with E-state index >= 15 is 0 Å². The number of pyridine rings is 1. The average molecular weight is 630 g/mol. The van der Waals surface area contributed by atoms with Gasteiger partial charge in [0.15, 0.2) is 5.65 Å². The molecule has 43 heavy (non-hydrogen) atoms. The Hall–Kier alpha value is -3.93. The molecule has 14 heteroatoms. The zero-order valence-electron chi connectivity index (χ0n) is 22.8. The van der Waals surface area contributed by atoms with E-state index in [0.717, 1.165) is 16.1 Å². The molecule has 4 aromatic rings. The number of nitriles is 1. The molecular formula is C29H26F3N5O4S2. The summed E-state index contributed by atoms with van der Waals surface area (Å²) in [5.74, 6) is -0.0575. The monoisotopic (exact) mass is 629 g/mol. The Balaban J connectivity index is 1.25. The summed E-state index contributed by atoms with van der Waals surface area (Å²) >= 11 is 0. The Morgan fingerprint density at radius 2 is 1.58 bits per heavy atom. The molecular weight excluding hydrogens is 603 g/mol. The zero-order valence-corrected chi connectivity index (χ0v) is 24.4. The van der Waals surface area contributed by atoms with Crippen LogP contribution in [0.5, 0.6) is 0 Å². The molecule has 2 unspecified atom stereocenters. The van der Waals surface area contributed by atoms with Gasteiger partial charge in [0.1, 0.15) is 6.07 Å². The summed E-state index contributed by atoms with van der Waals surface area (Å²) in [6.45, 7) is 0.353. The minimum Gasteiger partial charge on any atom is -0.370 e. The topological polar surface area (TPSA) is 116 Å². The summed E-state index contributed by atoms with van der Waals surface area (Å²) in [7, 11) is -6.24. The molecule has 6 rings (SSSR count). The largest absolute Gasteiger partial charge is 0.416 e. The molecule has 0 N–H and O–H groups in total. The summed E-state index contributed by atoms with van der Waals surface area (Å²) in [6, 6.07) is 15.4. The van der Waals surface area contributed by atoms with E-state index in [4.69, 9.17) is 0 Å². The van der Waals surface area contributed by atoms with Crippen LogP contribution in [0.3, 0.4) is 0 Å². The molecule has 1 saturated carbocycles. The predicted octanol–water partition coefficient (Wildman–Crippen LogP) is 4.70. The van der Waals surface area contributed by atoms with E-state index in [-0.39, 0.29) is 52.0 Å². The van der Waals surface area contributed by atoms with Crippen LogP contribution in [-0.2, 0) is 26.2 Å². The second-order valence-electron chi connectivity index (χ2n) is 10.9. The summed E-state index contributed by atoms with van der Waals surface area (Å²) in [4.78, 5) is 5.96. The number of sulfonamides is 1. The lowest BCUT2D eigenvalue weighted by Gasteiger charge is -2.29. The second kappa shape index (κ2) is 10.4. The summed E-state index contributed by atoms with van der Waals surface area (Å²) in [5.41, 5.74) is -0.0260. The minimum atomic E-state index is -4.65. The number of nitrogens with zero attached hydrogens (tertiary/aromatic N) is 5. The highest BCUT2D eigenvalue weighted by Crippen LogP contribution is 2.44. The van der Waals surface area contributed by atoms with Crippen molar-refractivity contribution in [2.75, 3.05) is 25.0 Å². The van der Waals surface area contributed by atoms with E-state index in [2.05, 4.69) is 11.1 Å². The van der Waals surface area contributed by atoms with Crippen LogP contribution in [0.15, 0.2) is 82.8 Å². The van der Waals surface area contributed by atoms with Gasteiger partial charge >= 0.3 is 6.18 Å². The van der Waals surface area contributed by atoms with E-state index in [0.29, 0.717) is 30.0 Å². The van der Waals surface area contributed by atoms with E-state index in [1.165, 1.54) is 34.9 Å². The van der Waals surface area contributed by atoms with Crippen molar-refractivity contribution in [3.63, 3.8) is 0 Å². The van der Waals surface area contributed by atoms with Crippen molar-refractivity contribution in [2.45, 2.75) is 34.9 Å². The van der Waals surface area contributed by atoms with Crippen molar-refractivity contribution >= 4 is 36.8 Å². The molecule has 0 amide bonds. The van der Waals surface area contributed by atoms with Crippen molar-refractivity contribution in [3.05, 3.63) is 84.2 Å². The SMILES string of the molecule is CN(c1c(C#N)cnc2c1ccn2S(=O)(=O)c1ccccc1)C1CC2CN(S(=O)(=O)c3cccc(C(F)(F)F)c3)C[C@H]2C1. The number of anilines is 1. The first-order valence-corrected chi connectivity index (χ1v) is 16.3. The highest BCUT2D eigenvalue weighted by Gasteiger charge is 2.46. The van der Waals surface area contributed by atoms with Crippen molar-refractivity contribution in [1.29, 1.82) is 5.26 Å². The van der Waals surface area contributed by atoms with Crippen LogP contribution >= 0.6 is 0 Å². The van der Waals surface area contributed by atoms with Gasteiger partial charge < -0.3 is 4.90 Å². The van der Waals surface area contributed by atoms with Gasteiger partial charge in [-0.15, -0.1) is 0 Å². The molecule has 224 valence electrons. The number of alkyl halides is 3. The first kappa shape index (κ1) is 29.2. The maximum atomic E-state index is 13.4. The molecule has 9 nitrogen and oxygen atoms in total. The quantitative estimate of drug-likeness (QED) is 0.304. The van der Waals surface area contributed by atoms with Crippen molar-refractivity contribution in [1.82, 2.24) is 13.3 Å². The van der Waals surface area contributed by atoms with Crippen LogP contribution in [0.2, 0.25) is 0 Å². The van der Waals surface area contributed by atoms with Crippen LogP contribution in [0.4, 0.5) is 18.9 Å². The van der Waals surface area contributed by atoms with Crippen LogP contribution < -0.4 is 4.90 Å². The van der Waals surface area contributed by atoms with Crippen molar-refractivity contribution < 1.29 is 30.0 Å². The van der Waals surface area contributed by atoms with Gasteiger partial charge in [0, 0.05) is 44.0 Å². The fraction of sp³-hybridized carbons (Fsp3) is 0.310. The molecule has 3 atom stereocenters. The van der Waals surface area contributed by atoms with Gasteiger partial charge in [-0.3, -0.25) is 0 Å². The zero-order chi connectivity index (χ0) is 30.7. The third kappa shape index (κ3) is 4.95. The van der Waals surface area contributed by atoms with Gasteiger partial charge in [-0.25, -0.2) is 25.8 Å². The predicted molar refractivity (Wildman–Crippen MR) is 152 cm³/mol. The number of hydrogen-bond acceptors (Lipinski definition) is 7. The third-order valence-corrected chi connectivity index (χ3v) is 12.0. The van der Waals surface area contributed by atoms with E-state index in [9.17, 15) is 35.3 Å². The lowest BCUT2D eigenvalue weighted by molar-refractivity contribution is -0.137. The van der Waals surface area contributed by atoms with E-state index in [1.807, 2.05) is 11.9 Å². The molecule has 1 aliphatic carbocycles. The van der Waals surface area contributed by atoms with Gasteiger partial charge in [-0.05, 0) is 61.1 Å². The number of benzene rings is 2. The number of aromatic nitrogens is 2. The normalized spacial score (nSPS) is 21.1. The fourth-order valence-electron chi connectivity index (χ4n) is 6.31. The molecule has 0 bridgehead atoms. The number of fused-ring (bicyclic) bond motifs is 2. The number of halogens is 3. The molecule has 2 fully saturated rings. The standard InChI is InChI=1S/C29H26F3N5O4S2/c1-35(27-21(15-33)16-34-28-26(27)10-11-37(28)43(40,41)24-7-3-2-4-8-24)23-12-19-17-36(18-20(19)13-23)42(38,39)25-9-5-6-22(14-25)29(30,31)32/h2-11,14,16,19-20,23H,12-13,17-18H2,1H3/t19-,20?,23?/m1/s1. The first-order chi connectivity index (χ1) is 20.3. The maximum Gasteiger partial charge on any atom is 0.416 e. The highest BCUT2D eigenvalue weighted by atomic mass is 32.2. The van der Waals surface area contributed by atoms with Crippen LogP contribution in [-0.4, -0.2) is 56.3 Å². The lowest BCUT2D eigenvalue weighted by atomic mass is 10.0. The van der Waals surface area contributed by atoms with Crippen LogP contribution in [0.1, 0.15) is 24.0 Å². The van der Waals surface area contributed by atoms with Crippen LogP contribution in [0.25, 0.3) is 11.0 Å². The number of rotatable bonds is 6. The molecule has 0 spiro atoms. The molecule has 2 aromatic heterocycles. The lowest BCUT2D eigenvalue weighted by Crippen LogP contribution is -2.34. The van der Waals surface area contributed by atoms with Gasteiger partial charge in [0.2, 0.25) is 10.0 Å². The maximum absolute atomic E-state index is 13.4. The molecule has 3 heterocycles. The summed E-state index contributed by atoms with van der Waals surface area (Å²) < 4.78 is 95.2. The Labute approximate surface area is 246 Å². The van der Waals surface area contributed by atoms with Gasteiger partial charge in [-0.2, -0.15) is 22.7 Å². The smallest absolute Gasteiger partial charge is 0.370 e. The molecule has 2 aliphatic rings. The van der Waals surface area contributed by atoms with Crippen LogP contribution in [0, 0.1) is 23.2 Å². The summed E-state index contributed by atoms with van der Waals surface area (Å²) in [5, 5.41) is 10.4. The van der Waals surface area contributed by atoms with Crippen molar-refractivity contribution in [3.8, 4) is 6.07 Å². The minimum absolute atomic E-state index is 0.0288. The van der Waals surface area contributed by atoms with Gasteiger partial charge in [-0.1, -0.05) is 24.3 Å². The Kier molecular flexibility index (Phi) is 7.02. The fourth-order valence-corrected chi connectivity index (χ4v) is 9.24. The first-order valence-electron chi connectivity index (χ1n) is 13.4. The van der Waals surface area contributed by atoms with Gasteiger partial charge in [0.05, 0.1) is 26.6 Å². The average Bonchev–Trinajstić information content (AvgIpc) is 3.70. The van der Waals surface area contributed by atoms with Gasteiger partial charge in [0.25, 0.3) is 10.0 Å². The molecule has 2 aromatic carbocycles. The molecule has 1 saturated heterocycles. The highest BCUT2D eigenvalue weighted by molar-refractivity contribution is 7.90.